The fraction of sp³-hybridized carbons (Fsp3) is 0.500. The van der Waals surface area contributed by atoms with Crippen LogP contribution < -0.4 is 16.4 Å². The molecule has 0 saturated heterocycles. The number of nitrogens with one attached hydrogen (secondary N) is 2. The zero-order valence-corrected chi connectivity index (χ0v) is 11.4. The Morgan fingerprint density at radius 1 is 1.32 bits per heavy atom. The summed E-state index contributed by atoms with van der Waals surface area (Å²) >= 11 is 0. The first kappa shape index (κ1) is 15.4. The molecule has 0 aliphatic heterocycles. The van der Waals surface area contributed by atoms with Crippen LogP contribution in [0.15, 0.2) is 24.3 Å². The first-order valence-electron chi connectivity index (χ1n) is 6.63. The van der Waals surface area contributed by atoms with Crippen LogP contribution in [0.3, 0.4) is 0 Å². The van der Waals surface area contributed by atoms with Crippen LogP contribution in [0, 0.1) is 11.7 Å². The fourth-order valence-corrected chi connectivity index (χ4v) is 2.00. The number of para-hydroxylation sites is 1. The number of carbonyl (C=O) groups excluding carboxylic acids is 1. The smallest absolute Gasteiger partial charge is 0.319 e. The van der Waals surface area contributed by atoms with E-state index in [2.05, 4.69) is 24.5 Å². The van der Waals surface area contributed by atoms with Gasteiger partial charge < -0.3 is 16.4 Å². The van der Waals surface area contributed by atoms with E-state index < -0.39 is 11.8 Å². The number of hydrogen-bond donors (Lipinski definition) is 3. The molecular formula is C14H22FN3O. The zero-order chi connectivity index (χ0) is 14.3. The molecule has 1 aromatic rings. The van der Waals surface area contributed by atoms with Crippen LogP contribution in [-0.2, 0) is 0 Å². The zero-order valence-electron chi connectivity index (χ0n) is 11.4. The Morgan fingerprint density at radius 2 is 1.95 bits per heavy atom. The Morgan fingerprint density at radius 3 is 2.53 bits per heavy atom. The number of anilines is 1. The molecule has 5 heteroatoms. The van der Waals surface area contributed by atoms with Gasteiger partial charge in [0.1, 0.15) is 5.82 Å². The van der Waals surface area contributed by atoms with E-state index in [-0.39, 0.29) is 11.7 Å². The predicted octanol–water partition coefficient (Wildman–Crippen LogP) is 2.71. The van der Waals surface area contributed by atoms with E-state index in [1.165, 1.54) is 12.1 Å². The number of amides is 2. The largest absolute Gasteiger partial charge is 0.336 e. The maximum Gasteiger partial charge on any atom is 0.319 e. The molecule has 0 aromatic heterocycles. The van der Waals surface area contributed by atoms with E-state index in [1.807, 2.05) is 0 Å². The van der Waals surface area contributed by atoms with E-state index in [1.54, 1.807) is 12.1 Å². The summed E-state index contributed by atoms with van der Waals surface area (Å²) in [5.41, 5.74) is 6.16. The molecule has 1 rings (SSSR count). The number of halogens is 1. The quantitative estimate of drug-likeness (QED) is 0.742. The van der Waals surface area contributed by atoms with Gasteiger partial charge >= 0.3 is 6.03 Å². The Kier molecular flexibility index (Phi) is 6.29. The van der Waals surface area contributed by atoms with Gasteiger partial charge in [-0.25, -0.2) is 9.18 Å². The van der Waals surface area contributed by atoms with Gasteiger partial charge in [0.15, 0.2) is 0 Å². The van der Waals surface area contributed by atoms with Crippen molar-refractivity contribution in [2.45, 2.75) is 32.7 Å². The summed E-state index contributed by atoms with van der Waals surface area (Å²) < 4.78 is 13.3. The maximum atomic E-state index is 13.3. The van der Waals surface area contributed by atoms with Gasteiger partial charge in [0.05, 0.1) is 5.69 Å². The third-order valence-electron chi connectivity index (χ3n) is 3.27. The summed E-state index contributed by atoms with van der Waals surface area (Å²) in [5.74, 6) is -0.0734. The number of benzene rings is 1. The van der Waals surface area contributed by atoms with Crippen molar-refractivity contribution in [3.05, 3.63) is 30.1 Å². The summed E-state index contributed by atoms with van der Waals surface area (Å²) in [6.45, 7) is 4.54. The number of nitrogens with two attached hydrogens (primary N) is 1. The molecule has 19 heavy (non-hydrogen) atoms. The molecule has 1 atom stereocenters. The molecule has 1 aromatic carbocycles. The van der Waals surface area contributed by atoms with Crippen molar-refractivity contribution in [2.24, 2.45) is 11.7 Å². The summed E-state index contributed by atoms with van der Waals surface area (Å²) in [6, 6.07) is 5.52. The average molecular weight is 267 g/mol. The molecule has 2 amide bonds. The van der Waals surface area contributed by atoms with Gasteiger partial charge in [-0.05, 0) is 18.1 Å². The van der Waals surface area contributed by atoms with Crippen molar-refractivity contribution in [3.8, 4) is 0 Å². The normalized spacial score (nSPS) is 12.3. The molecule has 0 bridgehead atoms. The number of urea groups is 1. The second-order valence-electron chi connectivity index (χ2n) is 4.56. The summed E-state index contributed by atoms with van der Waals surface area (Å²) in [4.78, 5) is 11.6. The lowest BCUT2D eigenvalue weighted by molar-refractivity contribution is 0.249. The molecule has 106 valence electrons. The second kappa shape index (κ2) is 7.74. The van der Waals surface area contributed by atoms with Crippen molar-refractivity contribution in [3.63, 3.8) is 0 Å². The molecular weight excluding hydrogens is 245 g/mol. The SMILES string of the molecule is CCC(CC)C(N)CNC(=O)Nc1ccccc1F. The first-order valence-corrected chi connectivity index (χ1v) is 6.63. The van der Waals surface area contributed by atoms with E-state index >= 15 is 0 Å². The standard InChI is InChI=1S/C14H22FN3O/c1-3-10(4-2)12(16)9-17-14(19)18-13-8-6-5-7-11(13)15/h5-8,10,12H,3-4,9,16H2,1-2H3,(H2,17,18,19). The minimum Gasteiger partial charge on any atom is -0.336 e. The third kappa shape index (κ3) is 4.87. The highest BCUT2D eigenvalue weighted by Gasteiger charge is 2.15. The second-order valence-corrected chi connectivity index (χ2v) is 4.56. The molecule has 0 saturated carbocycles. The van der Waals surface area contributed by atoms with Crippen LogP contribution in [0.5, 0.6) is 0 Å². The van der Waals surface area contributed by atoms with Crippen molar-refractivity contribution < 1.29 is 9.18 Å². The molecule has 0 aliphatic carbocycles. The van der Waals surface area contributed by atoms with Gasteiger partial charge in [-0.1, -0.05) is 38.8 Å². The molecule has 0 radical (unpaired) electrons. The Labute approximate surface area is 113 Å². The molecule has 0 spiro atoms. The molecule has 0 heterocycles. The van der Waals surface area contributed by atoms with Crippen LogP contribution in [0.25, 0.3) is 0 Å². The van der Waals surface area contributed by atoms with Gasteiger partial charge in [0.2, 0.25) is 0 Å². The van der Waals surface area contributed by atoms with Crippen molar-refractivity contribution in [1.29, 1.82) is 0 Å². The highest BCUT2D eigenvalue weighted by molar-refractivity contribution is 5.89. The molecule has 1 unspecified atom stereocenters. The predicted molar refractivity (Wildman–Crippen MR) is 75.5 cm³/mol. The molecule has 4 N–H and O–H groups in total. The third-order valence-corrected chi connectivity index (χ3v) is 3.27. The van der Waals surface area contributed by atoms with Crippen LogP contribution in [0.1, 0.15) is 26.7 Å². The summed E-state index contributed by atoms with van der Waals surface area (Å²) in [5, 5.41) is 5.13. The molecule has 0 fully saturated rings. The van der Waals surface area contributed by atoms with Gasteiger partial charge in [0.25, 0.3) is 0 Å². The van der Waals surface area contributed by atoms with Crippen molar-refractivity contribution in [2.75, 3.05) is 11.9 Å². The maximum absolute atomic E-state index is 13.3. The minimum atomic E-state index is -0.457. The molecule has 4 nitrogen and oxygen atoms in total. The average Bonchev–Trinajstić information content (AvgIpc) is 2.40. The summed E-state index contributed by atoms with van der Waals surface area (Å²) in [7, 11) is 0. The van der Waals surface area contributed by atoms with Gasteiger partial charge in [-0.15, -0.1) is 0 Å². The van der Waals surface area contributed by atoms with Gasteiger partial charge in [0, 0.05) is 12.6 Å². The molecule has 0 aliphatic rings. The van der Waals surface area contributed by atoms with E-state index in [4.69, 9.17) is 5.73 Å². The lowest BCUT2D eigenvalue weighted by Crippen LogP contribution is -2.43. The lowest BCUT2D eigenvalue weighted by atomic mass is 9.95. The highest BCUT2D eigenvalue weighted by Crippen LogP contribution is 2.12. The van der Waals surface area contributed by atoms with Crippen LogP contribution >= 0.6 is 0 Å². The van der Waals surface area contributed by atoms with Crippen LogP contribution in [-0.4, -0.2) is 18.6 Å². The Balaban J connectivity index is 2.42. The van der Waals surface area contributed by atoms with Crippen LogP contribution in [0.4, 0.5) is 14.9 Å². The minimum absolute atomic E-state index is 0.0821. The van der Waals surface area contributed by atoms with E-state index in [0.717, 1.165) is 12.8 Å². The van der Waals surface area contributed by atoms with E-state index in [0.29, 0.717) is 12.5 Å². The van der Waals surface area contributed by atoms with Gasteiger partial charge in [-0.3, -0.25) is 0 Å². The first-order chi connectivity index (χ1) is 9.08. The Bertz CT molecular complexity index is 407. The van der Waals surface area contributed by atoms with Crippen molar-refractivity contribution in [1.82, 2.24) is 5.32 Å². The van der Waals surface area contributed by atoms with Gasteiger partial charge in [-0.2, -0.15) is 0 Å². The highest BCUT2D eigenvalue weighted by atomic mass is 19.1. The monoisotopic (exact) mass is 267 g/mol. The number of carbonyl (C=O) groups is 1. The van der Waals surface area contributed by atoms with E-state index in [9.17, 15) is 9.18 Å². The van der Waals surface area contributed by atoms with Crippen LogP contribution in [0.2, 0.25) is 0 Å². The Hall–Kier alpha value is -1.62. The fourth-order valence-electron chi connectivity index (χ4n) is 2.00. The summed E-state index contributed by atoms with van der Waals surface area (Å²) in [6.07, 6.45) is 1.96. The number of hydrogen-bond acceptors (Lipinski definition) is 2. The number of rotatable bonds is 6. The van der Waals surface area contributed by atoms with Crippen molar-refractivity contribution >= 4 is 11.7 Å². The lowest BCUT2D eigenvalue weighted by Gasteiger charge is -2.21. The topological polar surface area (TPSA) is 67.1 Å².